The zero-order chi connectivity index (χ0) is 23.2. The van der Waals surface area contributed by atoms with Gasteiger partial charge in [-0.15, -0.1) is 0 Å². The van der Waals surface area contributed by atoms with Gasteiger partial charge in [0, 0.05) is 5.69 Å². The largest absolute Gasteiger partial charge is 0.483 e. The van der Waals surface area contributed by atoms with Gasteiger partial charge in [0.15, 0.2) is 12.4 Å². The quantitative estimate of drug-likeness (QED) is 0.447. The van der Waals surface area contributed by atoms with Crippen molar-refractivity contribution in [1.82, 2.24) is 14.8 Å². The predicted octanol–water partition coefficient (Wildman–Crippen LogP) is 3.82. The molecule has 0 radical (unpaired) electrons. The van der Waals surface area contributed by atoms with E-state index in [9.17, 15) is 18.4 Å². The molecule has 0 saturated carbocycles. The number of aromatic nitrogens is 3. The third-order valence-electron chi connectivity index (χ3n) is 4.51. The molecule has 0 fully saturated rings. The van der Waals surface area contributed by atoms with Crippen LogP contribution in [0.1, 0.15) is 10.4 Å². The van der Waals surface area contributed by atoms with Crippen LogP contribution in [-0.2, 0) is 4.79 Å². The molecule has 0 aliphatic rings. The Morgan fingerprint density at radius 3 is 2.48 bits per heavy atom. The van der Waals surface area contributed by atoms with Gasteiger partial charge < -0.3 is 15.4 Å². The van der Waals surface area contributed by atoms with E-state index < -0.39 is 30.1 Å². The molecule has 0 spiro atoms. The zero-order valence-electron chi connectivity index (χ0n) is 17.0. The number of amides is 2. The van der Waals surface area contributed by atoms with Crippen LogP contribution in [-0.4, -0.2) is 33.2 Å². The molecule has 1 heterocycles. The molecule has 4 aromatic rings. The highest BCUT2D eigenvalue weighted by molar-refractivity contribution is 6.06. The monoisotopic (exact) mass is 449 g/mol. The van der Waals surface area contributed by atoms with Gasteiger partial charge in [0.1, 0.15) is 29.9 Å². The minimum atomic E-state index is -0.604. The van der Waals surface area contributed by atoms with Crippen LogP contribution < -0.4 is 15.4 Å². The molecule has 0 bridgehead atoms. The molecular weight excluding hydrogens is 432 g/mol. The number of nitrogens with one attached hydrogen (secondary N) is 2. The number of rotatable bonds is 7. The number of carbonyl (C=O) groups excluding carboxylic acids is 2. The van der Waals surface area contributed by atoms with Gasteiger partial charge in [-0.1, -0.05) is 24.3 Å². The van der Waals surface area contributed by atoms with Crippen LogP contribution in [0.5, 0.6) is 5.75 Å². The molecule has 0 unspecified atom stereocenters. The Balaban J connectivity index is 1.42. The summed E-state index contributed by atoms with van der Waals surface area (Å²) in [6.07, 6.45) is 2.63. The van der Waals surface area contributed by atoms with E-state index in [0.717, 1.165) is 6.07 Å². The van der Waals surface area contributed by atoms with Crippen LogP contribution in [0.4, 0.5) is 20.2 Å². The average Bonchev–Trinajstić information content (AvgIpc) is 3.34. The number of hydrogen-bond donors (Lipinski definition) is 2. The number of hydrogen-bond acceptors (Lipinski definition) is 5. The average molecular weight is 449 g/mol. The van der Waals surface area contributed by atoms with E-state index in [1.54, 1.807) is 18.2 Å². The Hall–Kier alpha value is -4.60. The summed E-state index contributed by atoms with van der Waals surface area (Å²) in [5.41, 5.74) is 0.550. The standard InChI is InChI=1S/C23H17F2N5O3/c24-17-6-2-3-7-19(17)29-22(31)12-33-21-8-4-1-5-16(21)23(32)28-15-9-10-20(18(25)11-15)30-14-26-13-27-30/h1-11,13-14H,12H2,(H,28,32)(H,29,31). The van der Waals surface area contributed by atoms with E-state index in [1.165, 1.54) is 59.8 Å². The van der Waals surface area contributed by atoms with E-state index in [0.29, 0.717) is 0 Å². The first-order valence-electron chi connectivity index (χ1n) is 9.73. The molecule has 3 aromatic carbocycles. The maximum atomic E-state index is 14.4. The fourth-order valence-electron chi connectivity index (χ4n) is 2.97. The lowest BCUT2D eigenvalue weighted by molar-refractivity contribution is -0.118. The number of anilines is 2. The van der Waals surface area contributed by atoms with Gasteiger partial charge in [0.2, 0.25) is 0 Å². The van der Waals surface area contributed by atoms with Crippen molar-refractivity contribution in [2.45, 2.75) is 0 Å². The number of nitrogens with zero attached hydrogens (tertiary/aromatic N) is 3. The van der Waals surface area contributed by atoms with Crippen LogP contribution in [0, 0.1) is 11.6 Å². The molecule has 0 aliphatic carbocycles. The predicted molar refractivity (Wildman–Crippen MR) is 116 cm³/mol. The second-order valence-electron chi connectivity index (χ2n) is 6.77. The van der Waals surface area contributed by atoms with Gasteiger partial charge >= 0.3 is 0 Å². The van der Waals surface area contributed by atoms with Crippen molar-refractivity contribution in [2.75, 3.05) is 17.2 Å². The van der Waals surface area contributed by atoms with Crippen molar-refractivity contribution in [3.05, 3.63) is 96.6 Å². The van der Waals surface area contributed by atoms with Crippen LogP contribution >= 0.6 is 0 Å². The Bertz CT molecular complexity index is 1300. The Kier molecular flexibility index (Phi) is 6.35. The normalized spacial score (nSPS) is 10.5. The highest BCUT2D eigenvalue weighted by Crippen LogP contribution is 2.22. The summed E-state index contributed by atoms with van der Waals surface area (Å²) >= 11 is 0. The summed E-state index contributed by atoms with van der Waals surface area (Å²) in [5, 5.41) is 8.86. The molecule has 1 aromatic heterocycles. The van der Waals surface area contributed by atoms with Crippen LogP contribution in [0.2, 0.25) is 0 Å². The zero-order valence-corrected chi connectivity index (χ0v) is 17.0. The molecule has 0 atom stereocenters. The van der Waals surface area contributed by atoms with Crippen LogP contribution in [0.3, 0.4) is 0 Å². The van der Waals surface area contributed by atoms with E-state index in [4.69, 9.17) is 4.74 Å². The molecule has 2 N–H and O–H groups in total. The van der Waals surface area contributed by atoms with E-state index in [-0.39, 0.29) is 28.4 Å². The Morgan fingerprint density at radius 1 is 0.939 bits per heavy atom. The first kappa shape index (κ1) is 21.6. The first-order chi connectivity index (χ1) is 16.0. The van der Waals surface area contributed by atoms with Crippen LogP contribution in [0.15, 0.2) is 79.4 Å². The lowest BCUT2D eigenvalue weighted by Crippen LogP contribution is -2.22. The maximum absolute atomic E-state index is 14.4. The highest BCUT2D eigenvalue weighted by atomic mass is 19.1. The van der Waals surface area contributed by atoms with Crippen molar-refractivity contribution in [1.29, 1.82) is 0 Å². The summed E-state index contributed by atoms with van der Waals surface area (Å²) in [6, 6.07) is 16.1. The maximum Gasteiger partial charge on any atom is 0.262 e. The smallest absolute Gasteiger partial charge is 0.262 e. The molecule has 10 heteroatoms. The third kappa shape index (κ3) is 5.18. The molecular formula is C23H17F2N5O3. The molecule has 0 aliphatic heterocycles. The highest BCUT2D eigenvalue weighted by Gasteiger charge is 2.15. The number of benzene rings is 3. The molecule has 2 amide bonds. The number of carbonyl (C=O) groups is 2. The Labute approximate surface area is 186 Å². The number of ether oxygens (including phenoxy) is 1. The number of halogens is 2. The molecule has 4 rings (SSSR count). The number of para-hydroxylation sites is 2. The van der Waals surface area contributed by atoms with Gasteiger partial charge in [-0.25, -0.2) is 18.4 Å². The third-order valence-corrected chi connectivity index (χ3v) is 4.51. The molecule has 166 valence electrons. The SMILES string of the molecule is O=C(COc1ccccc1C(=O)Nc1ccc(-n2cncn2)c(F)c1)Nc1ccccc1F. The van der Waals surface area contributed by atoms with Crippen molar-refractivity contribution in [2.24, 2.45) is 0 Å². The summed E-state index contributed by atoms with van der Waals surface area (Å²) in [7, 11) is 0. The second-order valence-corrected chi connectivity index (χ2v) is 6.77. The summed E-state index contributed by atoms with van der Waals surface area (Å²) in [5.74, 6) is -2.20. The molecule has 0 saturated heterocycles. The van der Waals surface area contributed by atoms with E-state index in [2.05, 4.69) is 20.7 Å². The van der Waals surface area contributed by atoms with Crippen molar-refractivity contribution < 1.29 is 23.1 Å². The van der Waals surface area contributed by atoms with E-state index >= 15 is 0 Å². The minimum Gasteiger partial charge on any atom is -0.483 e. The van der Waals surface area contributed by atoms with Crippen molar-refractivity contribution >= 4 is 23.2 Å². The van der Waals surface area contributed by atoms with Gasteiger partial charge in [0.05, 0.1) is 11.3 Å². The topological polar surface area (TPSA) is 98.1 Å². The van der Waals surface area contributed by atoms with Gasteiger partial charge in [-0.05, 0) is 42.5 Å². The van der Waals surface area contributed by atoms with Crippen molar-refractivity contribution in [3.63, 3.8) is 0 Å². The van der Waals surface area contributed by atoms with Gasteiger partial charge in [0.25, 0.3) is 11.8 Å². The van der Waals surface area contributed by atoms with Crippen molar-refractivity contribution in [3.8, 4) is 11.4 Å². The fourth-order valence-corrected chi connectivity index (χ4v) is 2.97. The fraction of sp³-hybridized carbons (Fsp3) is 0.0435. The molecule has 8 nitrogen and oxygen atoms in total. The lowest BCUT2D eigenvalue weighted by atomic mass is 10.1. The van der Waals surface area contributed by atoms with E-state index in [1.807, 2.05) is 0 Å². The first-order valence-corrected chi connectivity index (χ1v) is 9.73. The second kappa shape index (κ2) is 9.69. The van der Waals surface area contributed by atoms with Crippen LogP contribution in [0.25, 0.3) is 5.69 Å². The Morgan fingerprint density at radius 2 is 1.73 bits per heavy atom. The summed E-state index contributed by atoms with van der Waals surface area (Å²) in [6.45, 7) is -0.445. The van der Waals surface area contributed by atoms with Gasteiger partial charge in [-0.2, -0.15) is 5.10 Å². The summed E-state index contributed by atoms with van der Waals surface area (Å²) < 4.78 is 34.8. The minimum absolute atomic E-state index is 0.0218. The molecule has 33 heavy (non-hydrogen) atoms. The van der Waals surface area contributed by atoms with Gasteiger partial charge in [-0.3, -0.25) is 9.59 Å². The lowest BCUT2D eigenvalue weighted by Gasteiger charge is -2.12. The summed E-state index contributed by atoms with van der Waals surface area (Å²) in [4.78, 5) is 28.6.